The van der Waals surface area contributed by atoms with Gasteiger partial charge in [-0.15, -0.1) is 0 Å². The third kappa shape index (κ3) is 5.80. The van der Waals surface area contributed by atoms with Crippen molar-refractivity contribution < 1.29 is 15.0 Å². The summed E-state index contributed by atoms with van der Waals surface area (Å²) in [5.74, 6) is 0.189. The lowest BCUT2D eigenvalue weighted by Gasteiger charge is -2.20. The van der Waals surface area contributed by atoms with Crippen molar-refractivity contribution in [2.45, 2.75) is 38.8 Å². The Labute approximate surface area is 148 Å². The van der Waals surface area contributed by atoms with Crippen LogP contribution in [0.4, 0.5) is 4.79 Å². The van der Waals surface area contributed by atoms with Crippen molar-refractivity contribution in [3.8, 4) is 5.75 Å². The van der Waals surface area contributed by atoms with Crippen LogP contribution in [0.5, 0.6) is 5.75 Å². The van der Waals surface area contributed by atoms with Gasteiger partial charge in [0.2, 0.25) is 0 Å². The van der Waals surface area contributed by atoms with Gasteiger partial charge in [-0.1, -0.05) is 57.2 Å². The molecular formula is C20H26N2O3. The van der Waals surface area contributed by atoms with Crippen LogP contribution in [-0.4, -0.2) is 22.8 Å². The fraction of sp³-hybridized carbons (Fsp3) is 0.350. The largest absolute Gasteiger partial charge is 0.508 e. The Bertz CT molecular complexity index is 688. The van der Waals surface area contributed by atoms with E-state index in [0.29, 0.717) is 6.54 Å². The van der Waals surface area contributed by atoms with Crippen molar-refractivity contribution in [2.24, 2.45) is 0 Å². The second kappa shape index (κ2) is 8.03. The predicted molar refractivity (Wildman–Crippen MR) is 98.4 cm³/mol. The van der Waals surface area contributed by atoms with Crippen LogP contribution in [-0.2, 0) is 12.0 Å². The molecule has 2 amide bonds. The molecule has 1 unspecified atom stereocenters. The van der Waals surface area contributed by atoms with Crippen LogP contribution in [0.2, 0.25) is 0 Å². The monoisotopic (exact) mass is 342 g/mol. The van der Waals surface area contributed by atoms with E-state index in [-0.39, 0.29) is 23.7 Å². The molecule has 0 saturated carbocycles. The van der Waals surface area contributed by atoms with Crippen molar-refractivity contribution in [2.75, 3.05) is 6.54 Å². The Hall–Kier alpha value is -2.53. The maximum absolute atomic E-state index is 11.8. The number of hydrogen-bond donors (Lipinski definition) is 4. The SMILES string of the molecule is CC(C)(C)c1ccc(C(O)CNC(=O)NCc2ccc(O)cc2)cc1. The zero-order valence-corrected chi connectivity index (χ0v) is 14.9. The molecule has 0 radical (unpaired) electrons. The molecule has 0 aliphatic rings. The van der Waals surface area contributed by atoms with E-state index in [4.69, 9.17) is 0 Å². The zero-order valence-electron chi connectivity index (χ0n) is 14.9. The minimum absolute atomic E-state index is 0.0653. The highest BCUT2D eigenvalue weighted by Crippen LogP contribution is 2.23. The van der Waals surface area contributed by atoms with Gasteiger partial charge in [-0.3, -0.25) is 0 Å². The fourth-order valence-electron chi connectivity index (χ4n) is 2.37. The van der Waals surface area contributed by atoms with E-state index in [1.165, 1.54) is 5.56 Å². The van der Waals surface area contributed by atoms with Gasteiger partial charge in [0, 0.05) is 13.1 Å². The normalized spacial score (nSPS) is 12.5. The molecule has 1 atom stereocenters. The lowest BCUT2D eigenvalue weighted by atomic mass is 9.86. The molecule has 5 nitrogen and oxygen atoms in total. The quantitative estimate of drug-likeness (QED) is 0.673. The molecule has 0 spiro atoms. The molecule has 2 aromatic carbocycles. The molecular weight excluding hydrogens is 316 g/mol. The van der Waals surface area contributed by atoms with E-state index in [1.807, 2.05) is 24.3 Å². The van der Waals surface area contributed by atoms with E-state index in [0.717, 1.165) is 11.1 Å². The van der Waals surface area contributed by atoms with Crippen molar-refractivity contribution in [3.63, 3.8) is 0 Å². The van der Waals surface area contributed by atoms with Crippen molar-refractivity contribution in [1.82, 2.24) is 10.6 Å². The summed E-state index contributed by atoms with van der Waals surface area (Å²) in [6, 6.07) is 14.1. The van der Waals surface area contributed by atoms with E-state index >= 15 is 0 Å². The van der Waals surface area contributed by atoms with Gasteiger partial charge in [0.05, 0.1) is 6.10 Å². The van der Waals surface area contributed by atoms with Gasteiger partial charge >= 0.3 is 6.03 Å². The number of phenols is 1. The molecule has 2 rings (SSSR count). The number of amides is 2. The standard InChI is InChI=1S/C20H26N2O3/c1-20(2,3)16-8-6-15(7-9-16)18(24)13-22-19(25)21-12-14-4-10-17(23)11-5-14/h4-11,18,23-24H,12-13H2,1-3H3,(H2,21,22,25). The van der Waals surface area contributed by atoms with Crippen LogP contribution in [0, 0.1) is 0 Å². The summed E-state index contributed by atoms with van der Waals surface area (Å²) in [6.45, 7) is 6.90. The number of urea groups is 1. The highest BCUT2D eigenvalue weighted by molar-refractivity contribution is 5.73. The molecule has 134 valence electrons. The van der Waals surface area contributed by atoms with Crippen LogP contribution < -0.4 is 10.6 Å². The van der Waals surface area contributed by atoms with Gasteiger partial charge in [0.15, 0.2) is 0 Å². The van der Waals surface area contributed by atoms with Crippen LogP contribution in [0.15, 0.2) is 48.5 Å². The molecule has 0 fully saturated rings. The maximum Gasteiger partial charge on any atom is 0.315 e. The molecule has 0 aromatic heterocycles. The number of carbonyl (C=O) groups is 1. The Balaban J connectivity index is 1.79. The van der Waals surface area contributed by atoms with Gasteiger partial charge in [0.25, 0.3) is 0 Å². The van der Waals surface area contributed by atoms with Crippen LogP contribution >= 0.6 is 0 Å². The van der Waals surface area contributed by atoms with E-state index in [9.17, 15) is 15.0 Å². The van der Waals surface area contributed by atoms with Crippen LogP contribution in [0.1, 0.15) is 43.6 Å². The number of nitrogens with one attached hydrogen (secondary N) is 2. The molecule has 5 heteroatoms. The molecule has 0 aliphatic heterocycles. The van der Waals surface area contributed by atoms with Crippen molar-refractivity contribution in [1.29, 1.82) is 0 Å². The average molecular weight is 342 g/mol. The third-order valence-electron chi connectivity index (χ3n) is 4.01. The predicted octanol–water partition coefficient (Wildman–Crippen LogP) is 3.22. The van der Waals surface area contributed by atoms with Gasteiger partial charge in [-0.2, -0.15) is 0 Å². The molecule has 4 N–H and O–H groups in total. The van der Waals surface area contributed by atoms with Gasteiger partial charge < -0.3 is 20.8 Å². The minimum Gasteiger partial charge on any atom is -0.508 e. The number of rotatable bonds is 5. The number of carbonyl (C=O) groups excluding carboxylic acids is 1. The van der Waals surface area contributed by atoms with E-state index in [2.05, 4.69) is 31.4 Å². The van der Waals surface area contributed by atoms with Gasteiger partial charge in [0.1, 0.15) is 5.75 Å². The number of aliphatic hydroxyl groups is 1. The van der Waals surface area contributed by atoms with E-state index in [1.54, 1.807) is 24.3 Å². The molecule has 25 heavy (non-hydrogen) atoms. The van der Waals surface area contributed by atoms with Gasteiger partial charge in [-0.05, 0) is 34.2 Å². The topological polar surface area (TPSA) is 81.6 Å². The summed E-state index contributed by atoms with van der Waals surface area (Å²) in [5, 5.41) is 24.8. The van der Waals surface area contributed by atoms with Crippen LogP contribution in [0.25, 0.3) is 0 Å². The summed E-state index contributed by atoms with van der Waals surface area (Å²) in [5.41, 5.74) is 2.91. The second-order valence-electron chi connectivity index (χ2n) is 7.12. The first kappa shape index (κ1) is 18.8. The molecule has 0 aliphatic carbocycles. The summed E-state index contributed by atoms with van der Waals surface area (Å²) in [7, 11) is 0. The smallest absolute Gasteiger partial charge is 0.315 e. The first-order chi connectivity index (χ1) is 11.8. The first-order valence-corrected chi connectivity index (χ1v) is 8.34. The summed E-state index contributed by atoms with van der Waals surface area (Å²) >= 11 is 0. The van der Waals surface area contributed by atoms with E-state index < -0.39 is 6.10 Å². The Morgan fingerprint density at radius 2 is 1.60 bits per heavy atom. The van der Waals surface area contributed by atoms with Crippen molar-refractivity contribution in [3.05, 3.63) is 65.2 Å². The third-order valence-corrected chi connectivity index (χ3v) is 4.01. The Kier molecular flexibility index (Phi) is 6.04. The summed E-state index contributed by atoms with van der Waals surface area (Å²) in [4.78, 5) is 11.8. The first-order valence-electron chi connectivity index (χ1n) is 8.34. The lowest BCUT2D eigenvalue weighted by Crippen LogP contribution is -2.37. The highest BCUT2D eigenvalue weighted by Gasteiger charge is 2.15. The molecule has 2 aromatic rings. The number of phenolic OH excluding ortho intramolecular Hbond substituents is 1. The lowest BCUT2D eigenvalue weighted by molar-refractivity contribution is 0.173. The number of benzene rings is 2. The number of aliphatic hydroxyl groups excluding tert-OH is 1. The number of hydrogen-bond acceptors (Lipinski definition) is 3. The summed E-state index contributed by atoms with van der Waals surface area (Å²) < 4.78 is 0. The Morgan fingerprint density at radius 1 is 1.00 bits per heavy atom. The zero-order chi connectivity index (χ0) is 18.4. The molecule has 0 bridgehead atoms. The minimum atomic E-state index is -0.756. The number of aromatic hydroxyl groups is 1. The average Bonchev–Trinajstić information content (AvgIpc) is 2.58. The molecule has 0 heterocycles. The second-order valence-corrected chi connectivity index (χ2v) is 7.12. The fourth-order valence-corrected chi connectivity index (χ4v) is 2.37. The highest BCUT2D eigenvalue weighted by atomic mass is 16.3. The summed E-state index contributed by atoms with van der Waals surface area (Å²) in [6.07, 6.45) is -0.756. The van der Waals surface area contributed by atoms with Crippen molar-refractivity contribution >= 4 is 6.03 Å². The van der Waals surface area contributed by atoms with Crippen LogP contribution in [0.3, 0.4) is 0 Å². The Morgan fingerprint density at radius 3 is 2.16 bits per heavy atom. The maximum atomic E-state index is 11.8. The van der Waals surface area contributed by atoms with Gasteiger partial charge in [-0.25, -0.2) is 4.79 Å². The molecule has 0 saturated heterocycles.